The summed E-state index contributed by atoms with van der Waals surface area (Å²) in [7, 11) is 0. The number of carbonyl (C=O) groups is 2. The Balaban J connectivity index is 1.28. The fraction of sp³-hybridized carbons (Fsp3) is 0.444. The minimum atomic E-state index is -0.534. The number of aryl methyl sites for hydroxylation is 1. The lowest BCUT2D eigenvalue weighted by molar-refractivity contribution is -0.154. The largest absolute Gasteiger partial charge is 0.493 e. The van der Waals surface area contributed by atoms with Gasteiger partial charge >= 0.3 is 12.1 Å². The Morgan fingerprint density at radius 1 is 0.791 bits per heavy atom. The van der Waals surface area contributed by atoms with Gasteiger partial charge in [0.2, 0.25) is 0 Å². The highest BCUT2D eigenvalue weighted by Gasteiger charge is 2.19. The van der Waals surface area contributed by atoms with E-state index in [0.29, 0.717) is 31.8 Å². The molecule has 7 nitrogen and oxygen atoms in total. The van der Waals surface area contributed by atoms with Crippen molar-refractivity contribution in [3.63, 3.8) is 0 Å². The van der Waals surface area contributed by atoms with Gasteiger partial charge in [0.25, 0.3) is 0 Å². The van der Waals surface area contributed by atoms with Crippen molar-refractivity contribution in [2.45, 2.75) is 90.4 Å². The van der Waals surface area contributed by atoms with Crippen LogP contribution in [0.5, 0.6) is 11.5 Å². The van der Waals surface area contributed by atoms with Crippen LogP contribution >= 0.6 is 0 Å². The molecule has 4 rings (SSSR count). The minimum Gasteiger partial charge on any atom is -0.493 e. The van der Waals surface area contributed by atoms with Crippen molar-refractivity contribution in [1.29, 1.82) is 0 Å². The zero-order chi connectivity index (χ0) is 30.5. The van der Waals surface area contributed by atoms with Crippen molar-refractivity contribution < 1.29 is 28.5 Å². The summed E-state index contributed by atoms with van der Waals surface area (Å²) < 4.78 is 23.0. The number of nitrogens with one attached hydrogen (secondary N) is 1. The summed E-state index contributed by atoms with van der Waals surface area (Å²) >= 11 is 0. The van der Waals surface area contributed by atoms with E-state index in [2.05, 4.69) is 29.6 Å². The van der Waals surface area contributed by atoms with Gasteiger partial charge in [-0.3, -0.25) is 4.79 Å². The monoisotopic (exact) mass is 587 g/mol. The van der Waals surface area contributed by atoms with E-state index in [1.54, 1.807) is 0 Å². The molecule has 1 saturated carbocycles. The smallest absolute Gasteiger partial charge is 0.407 e. The van der Waals surface area contributed by atoms with Crippen molar-refractivity contribution >= 4 is 12.1 Å². The molecule has 7 heteroatoms. The maximum Gasteiger partial charge on any atom is 0.407 e. The Labute approximate surface area is 255 Å². The van der Waals surface area contributed by atoms with E-state index in [1.165, 1.54) is 12.0 Å². The number of benzene rings is 3. The second-order valence-electron chi connectivity index (χ2n) is 12.0. The average molecular weight is 588 g/mol. The number of alkyl carbamates (subject to hydrolysis) is 1. The van der Waals surface area contributed by atoms with Crippen LogP contribution in [0.3, 0.4) is 0 Å². The summed E-state index contributed by atoms with van der Waals surface area (Å²) in [5.41, 5.74) is 3.53. The second-order valence-corrected chi connectivity index (χ2v) is 12.0. The summed E-state index contributed by atoms with van der Waals surface area (Å²) in [5.74, 6) is 1.24. The number of hydrogen-bond acceptors (Lipinski definition) is 6. The third-order valence-corrected chi connectivity index (χ3v) is 7.27. The number of ether oxygens (including phenoxy) is 4. The Kier molecular flexibility index (Phi) is 11.9. The first kappa shape index (κ1) is 31.9. The zero-order valence-electron chi connectivity index (χ0n) is 25.7. The minimum absolute atomic E-state index is 0.0987. The van der Waals surface area contributed by atoms with E-state index in [9.17, 15) is 9.59 Å². The Morgan fingerprint density at radius 2 is 1.44 bits per heavy atom. The van der Waals surface area contributed by atoms with Crippen LogP contribution < -0.4 is 14.8 Å². The maximum atomic E-state index is 12.5. The van der Waals surface area contributed by atoms with Crippen LogP contribution in [0.4, 0.5) is 4.79 Å². The molecule has 1 aliphatic rings. The van der Waals surface area contributed by atoms with E-state index in [1.807, 2.05) is 69.3 Å². The molecule has 0 bridgehead atoms. The summed E-state index contributed by atoms with van der Waals surface area (Å²) in [6, 6.07) is 24.2. The molecule has 0 heterocycles. The van der Waals surface area contributed by atoms with Gasteiger partial charge < -0.3 is 24.3 Å². The number of esters is 1. The Bertz CT molecular complexity index is 1290. The highest BCUT2D eigenvalue weighted by Crippen LogP contribution is 2.24. The number of carbonyl (C=O) groups excluding carboxylic acids is 2. The van der Waals surface area contributed by atoms with Crippen LogP contribution in [0.2, 0.25) is 0 Å². The molecule has 1 aliphatic carbocycles. The van der Waals surface area contributed by atoms with Crippen molar-refractivity contribution in [2.75, 3.05) is 13.2 Å². The molecule has 0 aromatic heterocycles. The van der Waals surface area contributed by atoms with Crippen molar-refractivity contribution in [1.82, 2.24) is 5.32 Å². The lowest BCUT2D eigenvalue weighted by Gasteiger charge is -2.22. The van der Waals surface area contributed by atoms with Crippen LogP contribution in [-0.4, -0.2) is 36.9 Å². The molecule has 43 heavy (non-hydrogen) atoms. The first-order valence-corrected chi connectivity index (χ1v) is 15.4. The molecule has 0 radical (unpaired) electrons. The van der Waals surface area contributed by atoms with Gasteiger partial charge in [-0.25, -0.2) is 4.79 Å². The normalized spacial score (nSPS) is 13.7. The molecule has 0 unspecified atom stereocenters. The topological polar surface area (TPSA) is 83.1 Å². The van der Waals surface area contributed by atoms with Crippen LogP contribution in [0.25, 0.3) is 11.1 Å². The van der Waals surface area contributed by atoms with Crippen molar-refractivity contribution in [3.8, 4) is 22.6 Å². The van der Waals surface area contributed by atoms with Crippen LogP contribution in [0.15, 0.2) is 72.8 Å². The van der Waals surface area contributed by atoms with E-state index in [4.69, 9.17) is 18.9 Å². The third-order valence-electron chi connectivity index (χ3n) is 7.27. The van der Waals surface area contributed by atoms with E-state index in [0.717, 1.165) is 48.1 Å². The molecule has 0 atom stereocenters. The zero-order valence-corrected chi connectivity index (χ0v) is 25.7. The molecule has 1 amide bonds. The van der Waals surface area contributed by atoms with Gasteiger partial charge in [0.1, 0.15) is 23.7 Å². The van der Waals surface area contributed by atoms with Gasteiger partial charge in [-0.15, -0.1) is 0 Å². The van der Waals surface area contributed by atoms with Crippen LogP contribution in [0, 0.1) is 0 Å². The highest BCUT2D eigenvalue weighted by molar-refractivity contribution is 5.70. The molecule has 3 aromatic rings. The average Bonchev–Trinajstić information content (AvgIpc) is 3.00. The van der Waals surface area contributed by atoms with Gasteiger partial charge in [0.05, 0.1) is 13.2 Å². The highest BCUT2D eigenvalue weighted by atomic mass is 16.6. The molecule has 230 valence electrons. The van der Waals surface area contributed by atoms with Crippen LogP contribution in [-0.2, 0) is 27.3 Å². The predicted molar refractivity (Wildman–Crippen MR) is 168 cm³/mol. The van der Waals surface area contributed by atoms with Crippen molar-refractivity contribution in [2.24, 2.45) is 0 Å². The second kappa shape index (κ2) is 16.0. The SMILES string of the molecule is CC(C)(C)OC(=O)CCc1ccc(OCCCOc2ccc(-c3ccccc3)cc2)cc1COC(=O)NC1CCCCC1. The summed E-state index contributed by atoms with van der Waals surface area (Å²) in [6.07, 6.45) is 6.47. The molecule has 0 aliphatic heterocycles. The van der Waals surface area contributed by atoms with Crippen molar-refractivity contribution in [3.05, 3.63) is 83.9 Å². The molecule has 1 fully saturated rings. The summed E-state index contributed by atoms with van der Waals surface area (Å²) in [6.45, 7) is 6.66. The maximum absolute atomic E-state index is 12.5. The van der Waals surface area contributed by atoms with Crippen LogP contribution in [0.1, 0.15) is 76.8 Å². The quantitative estimate of drug-likeness (QED) is 0.161. The lowest BCUT2D eigenvalue weighted by Crippen LogP contribution is -2.36. The lowest BCUT2D eigenvalue weighted by atomic mass is 9.96. The van der Waals surface area contributed by atoms with Gasteiger partial charge in [0.15, 0.2) is 0 Å². The summed E-state index contributed by atoms with van der Waals surface area (Å²) in [4.78, 5) is 24.8. The molecule has 0 saturated heterocycles. The van der Waals surface area contributed by atoms with Gasteiger partial charge in [-0.05, 0) is 86.6 Å². The molecular weight excluding hydrogens is 542 g/mol. The van der Waals surface area contributed by atoms with Gasteiger partial charge in [0, 0.05) is 18.9 Å². The third kappa shape index (κ3) is 11.3. The van der Waals surface area contributed by atoms with E-state index in [-0.39, 0.29) is 25.0 Å². The first-order chi connectivity index (χ1) is 20.7. The van der Waals surface area contributed by atoms with E-state index >= 15 is 0 Å². The number of amides is 1. The fourth-order valence-electron chi connectivity index (χ4n) is 5.11. The Hall–Kier alpha value is -4.00. The molecular formula is C36H45NO6. The number of hydrogen-bond donors (Lipinski definition) is 1. The fourth-order valence-corrected chi connectivity index (χ4v) is 5.11. The first-order valence-electron chi connectivity index (χ1n) is 15.4. The van der Waals surface area contributed by atoms with Gasteiger partial charge in [-0.2, -0.15) is 0 Å². The molecule has 0 spiro atoms. The Morgan fingerprint density at radius 3 is 2.14 bits per heavy atom. The predicted octanol–water partition coefficient (Wildman–Crippen LogP) is 8.03. The standard InChI is InChI=1S/C36H45NO6/c1-36(2,3)43-34(38)22-18-29-17-21-33(25-30(29)26-42-35(39)37-31-13-8-5-9-14-31)41-24-10-23-40-32-19-15-28(16-20-32)27-11-6-4-7-12-27/h4,6-7,11-12,15-17,19-21,25,31H,5,8-10,13-14,18,22-24,26H2,1-3H3,(H,37,39). The molecule has 1 N–H and O–H groups in total. The molecule has 3 aromatic carbocycles. The summed E-state index contributed by atoms with van der Waals surface area (Å²) in [5, 5.41) is 2.99. The number of rotatable bonds is 13. The van der Waals surface area contributed by atoms with E-state index < -0.39 is 11.7 Å². The van der Waals surface area contributed by atoms with Gasteiger partial charge in [-0.1, -0.05) is 67.8 Å².